The van der Waals surface area contributed by atoms with Crippen LogP contribution >= 0.6 is 23.2 Å². The van der Waals surface area contributed by atoms with E-state index in [0.717, 1.165) is 19.1 Å². The first kappa shape index (κ1) is 25.7. The lowest BCUT2D eigenvalue weighted by Gasteiger charge is -2.34. The lowest BCUT2D eigenvalue weighted by Crippen LogP contribution is -2.43. The number of fused-ring (bicyclic) bond motifs is 1. The van der Waals surface area contributed by atoms with Gasteiger partial charge in [-0.1, -0.05) is 29.3 Å². The molecule has 0 saturated carbocycles. The van der Waals surface area contributed by atoms with E-state index in [4.69, 9.17) is 27.9 Å². The second-order valence-corrected chi connectivity index (χ2v) is 12.4. The summed E-state index contributed by atoms with van der Waals surface area (Å²) in [4.78, 5) is 27.3. The van der Waals surface area contributed by atoms with Crippen molar-refractivity contribution in [2.45, 2.75) is 50.9 Å². The monoisotopic (exact) mass is 539 g/mol. The molecule has 0 aliphatic carbocycles. The molecule has 12 heteroatoms. The fourth-order valence-electron chi connectivity index (χ4n) is 4.12. The summed E-state index contributed by atoms with van der Waals surface area (Å²) in [6.45, 7) is 7.02. The lowest BCUT2D eigenvalue weighted by molar-refractivity contribution is 0.0158. The normalized spacial score (nSPS) is 17.1. The molecule has 1 aromatic carbocycles. The summed E-state index contributed by atoms with van der Waals surface area (Å²) in [5.74, 6) is 0.510. The number of carbonyl (C=O) groups is 1. The van der Waals surface area contributed by atoms with Gasteiger partial charge in [0.1, 0.15) is 16.9 Å². The molecule has 9 nitrogen and oxygen atoms in total. The van der Waals surface area contributed by atoms with Crippen molar-refractivity contribution >= 4 is 50.3 Å². The van der Waals surface area contributed by atoms with Gasteiger partial charge in [-0.15, -0.1) is 0 Å². The Hall–Kier alpha value is -2.43. The van der Waals surface area contributed by atoms with Crippen molar-refractivity contribution in [2.24, 2.45) is 5.92 Å². The number of piperidine rings is 1. The number of benzene rings is 1. The molecule has 0 unspecified atom stereocenters. The van der Waals surface area contributed by atoms with Gasteiger partial charge in [-0.05, 0) is 51.7 Å². The Morgan fingerprint density at radius 3 is 2.51 bits per heavy atom. The van der Waals surface area contributed by atoms with Crippen molar-refractivity contribution in [3.8, 4) is 11.4 Å². The molecule has 3 heterocycles. The molecule has 35 heavy (non-hydrogen) atoms. The van der Waals surface area contributed by atoms with Crippen LogP contribution in [0.4, 0.5) is 4.79 Å². The summed E-state index contributed by atoms with van der Waals surface area (Å²) in [7, 11) is -3.64. The highest BCUT2D eigenvalue weighted by Gasteiger charge is 2.30. The maximum atomic E-state index is 12.7. The van der Waals surface area contributed by atoms with Crippen LogP contribution in [0.1, 0.15) is 33.6 Å². The largest absolute Gasteiger partial charge is 0.444 e. The van der Waals surface area contributed by atoms with Crippen molar-refractivity contribution in [1.82, 2.24) is 24.4 Å². The SMILES string of the molecule is CC(C)(C)OC(=O)N1CCC[C@@H](Cn2c(-c3c(Cl)cccc3Cl)nc3cnc(S(C)(=O)=O)nc32)C1. The molecular formula is C23H27Cl2N5O4S. The molecule has 3 aromatic rings. The van der Waals surface area contributed by atoms with Gasteiger partial charge in [0, 0.05) is 25.9 Å². The maximum absolute atomic E-state index is 12.7. The Labute approximate surface area is 214 Å². The average Bonchev–Trinajstić information content (AvgIpc) is 3.09. The van der Waals surface area contributed by atoms with Crippen LogP contribution in [-0.4, -0.2) is 63.9 Å². The summed E-state index contributed by atoms with van der Waals surface area (Å²) in [5.41, 5.74) is 0.718. The number of halogens is 2. The van der Waals surface area contributed by atoms with Gasteiger partial charge in [-0.2, -0.15) is 4.98 Å². The predicted octanol–water partition coefficient (Wildman–Crippen LogP) is 4.85. The molecule has 4 rings (SSSR count). The molecule has 2 aromatic heterocycles. The maximum Gasteiger partial charge on any atom is 0.410 e. The number of hydrogen-bond donors (Lipinski definition) is 0. The Morgan fingerprint density at radius 2 is 1.89 bits per heavy atom. The highest BCUT2D eigenvalue weighted by molar-refractivity contribution is 7.90. The molecule has 0 spiro atoms. The number of rotatable bonds is 4. The molecular weight excluding hydrogens is 513 g/mol. The number of imidazole rings is 1. The Morgan fingerprint density at radius 1 is 1.20 bits per heavy atom. The third-order valence-corrected chi connectivity index (χ3v) is 7.09. The number of hydrogen-bond acceptors (Lipinski definition) is 7. The quantitative estimate of drug-likeness (QED) is 0.436. The van der Waals surface area contributed by atoms with E-state index >= 15 is 0 Å². The summed E-state index contributed by atoms with van der Waals surface area (Å²) in [6.07, 6.45) is 3.76. The zero-order valence-electron chi connectivity index (χ0n) is 20.0. The van der Waals surface area contributed by atoms with Crippen molar-refractivity contribution in [3.05, 3.63) is 34.4 Å². The van der Waals surface area contributed by atoms with Crippen LogP contribution in [-0.2, 0) is 21.1 Å². The highest BCUT2D eigenvalue weighted by Crippen LogP contribution is 2.36. The number of sulfone groups is 1. The summed E-state index contributed by atoms with van der Waals surface area (Å²) >= 11 is 13.0. The summed E-state index contributed by atoms with van der Waals surface area (Å²) in [6, 6.07) is 5.17. The van der Waals surface area contributed by atoms with E-state index in [0.29, 0.717) is 52.2 Å². The number of ether oxygens (including phenoxy) is 1. The Kier molecular flexibility index (Phi) is 7.00. The third kappa shape index (κ3) is 5.70. The minimum atomic E-state index is -3.64. The van der Waals surface area contributed by atoms with E-state index in [1.807, 2.05) is 25.3 Å². The van der Waals surface area contributed by atoms with Crippen molar-refractivity contribution in [1.29, 1.82) is 0 Å². The second-order valence-electron chi connectivity index (χ2n) is 9.71. The molecule has 0 N–H and O–H groups in total. The standard InChI is InChI=1S/C23H27Cl2N5O4S/c1-23(2,3)34-22(31)29-10-6-7-14(12-29)13-30-19-17(11-26-21(28-19)35(4,32)33)27-20(30)18-15(24)8-5-9-16(18)25/h5,8-9,11,14H,6-7,10,12-13H2,1-4H3/t14-/m1/s1. The first-order valence-corrected chi connectivity index (χ1v) is 13.8. The van der Waals surface area contributed by atoms with Crippen LogP contribution in [0.5, 0.6) is 0 Å². The van der Waals surface area contributed by atoms with Gasteiger partial charge >= 0.3 is 6.09 Å². The van der Waals surface area contributed by atoms with Crippen molar-refractivity contribution in [2.75, 3.05) is 19.3 Å². The first-order chi connectivity index (χ1) is 16.3. The fraction of sp³-hybridized carbons (Fsp3) is 0.478. The van der Waals surface area contributed by atoms with Gasteiger partial charge in [0.25, 0.3) is 0 Å². The zero-order chi connectivity index (χ0) is 25.5. The van der Waals surface area contributed by atoms with E-state index in [9.17, 15) is 13.2 Å². The van der Waals surface area contributed by atoms with Gasteiger partial charge in [0.2, 0.25) is 15.0 Å². The van der Waals surface area contributed by atoms with Gasteiger partial charge in [-0.3, -0.25) is 0 Å². The molecule has 1 fully saturated rings. The summed E-state index contributed by atoms with van der Waals surface area (Å²) < 4.78 is 31.7. The Balaban J connectivity index is 1.77. The number of nitrogens with zero attached hydrogens (tertiary/aromatic N) is 5. The van der Waals surface area contributed by atoms with Gasteiger partial charge in [-0.25, -0.2) is 23.2 Å². The van der Waals surface area contributed by atoms with E-state index < -0.39 is 15.4 Å². The number of carbonyl (C=O) groups excluding carboxylic acids is 1. The molecule has 1 amide bonds. The number of aromatic nitrogens is 4. The fourth-order valence-corrected chi connectivity index (χ4v) is 5.18. The third-order valence-electron chi connectivity index (χ3n) is 5.60. The molecule has 1 saturated heterocycles. The molecule has 1 aliphatic heterocycles. The van der Waals surface area contributed by atoms with E-state index in [2.05, 4.69) is 15.0 Å². The van der Waals surface area contributed by atoms with Crippen LogP contribution in [0.2, 0.25) is 10.0 Å². The van der Waals surface area contributed by atoms with E-state index in [1.54, 1.807) is 23.1 Å². The van der Waals surface area contributed by atoms with E-state index in [1.165, 1.54) is 6.20 Å². The van der Waals surface area contributed by atoms with Crippen LogP contribution in [0, 0.1) is 5.92 Å². The van der Waals surface area contributed by atoms with Crippen LogP contribution in [0.3, 0.4) is 0 Å². The molecule has 1 atom stereocenters. The zero-order valence-corrected chi connectivity index (χ0v) is 22.3. The molecule has 1 aliphatic rings. The van der Waals surface area contributed by atoms with Crippen LogP contribution < -0.4 is 0 Å². The minimum Gasteiger partial charge on any atom is -0.444 e. The molecule has 0 radical (unpaired) electrons. The van der Waals surface area contributed by atoms with Crippen molar-refractivity contribution < 1.29 is 17.9 Å². The molecule has 188 valence electrons. The van der Waals surface area contributed by atoms with Gasteiger partial charge < -0.3 is 14.2 Å². The topological polar surface area (TPSA) is 107 Å². The number of amides is 1. The van der Waals surface area contributed by atoms with Crippen LogP contribution in [0.25, 0.3) is 22.6 Å². The smallest absolute Gasteiger partial charge is 0.410 e. The lowest BCUT2D eigenvalue weighted by atomic mass is 9.98. The van der Waals surface area contributed by atoms with Crippen molar-refractivity contribution in [3.63, 3.8) is 0 Å². The minimum absolute atomic E-state index is 0.0466. The van der Waals surface area contributed by atoms with Gasteiger partial charge in [0.05, 0.1) is 21.8 Å². The number of likely N-dealkylation sites (tertiary alicyclic amines) is 1. The molecule has 0 bridgehead atoms. The van der Waals surface area contributed by atoms with E-state index in [-0.39, 0.29) is 17.2 Å². The average molecular weight is 540 g/mol. The predicted molar refractivity (Wildman–Crippen MR) is 134 cm³/mol. The second kappa shape index (κ2) is 9.55. The Bertz CT molecular complexity index is 1360. The van der Waals surface area contributed by atoms with Crippen LogP contribution in [0.15, 0.2) is 29.6 Å². The first-order valence-electron chi connectivity index (χ1n) is 11.2. The van der Waals surface area contributed by atoms with Gasteiger partial charge in [0.15, 0.2) is 5.65 Å². The highest BCUT2D eigenvalue weighted by atomic mass is 35.5. The summed E-state index contributed by atoms with van der Waals surface area (Å²) in [5, 5.41) is 0.524.